The predicted octanol–water partition coefficient (Wildman–Crippen LogP) is 3.06. The molecule has 1 aromatic carbocycles. The molecule has 4 nitrogen and oxygen atoms in total. The third-order valence-electron chi connectivity index (χ3n) is 3.58. The van der Waals surface area contributed by atoms with Crippen molar-refractivity contribution in [1.29, 1.82) is 0 Å². The predicted molar refractivity (Wildman–Crippen MR) is 78.7 cm³/mol. The first-order valence-corrected chi connectivity index (χ1v) is 7.35. The minimum Gasteiger partial charge on any atom is -0.462 e. The van der Waals surface area contributed by atoms with Gasteiger partial charge in [-0.1, -0.05) is 30.3 Å². The van der Waals surface area contributed by atoms with Crippen molar-refractivity contribution in [3.63, 3.8) is 0 Å². The Balaban J connectivity index is 2.26. The van der Waals surface area contributed by atoms with E-state index in [-0.39, 0.29) is 18.1 Å². The van der Waals surface area contributed by atoms with E-state index in [1.165, 1.54) is 0 Å². The van der Waals surface area contributed by atoms with E-state index in [1.807, 2.05) is 30.3 Å². The molecule has 21 heavy (non-hydrogen) atoms. The van der Waals surface area contributed by atoms with Gasteiger partial charge in [-0.2, -0.15) is 0 Å². The number of carbonyl (C=O) groups is 2. The molecule has 0 amide bonds. The molecular weight excluding hydrogens is 268 g/mol. The van der Waals surface area contributed by atoms with E-state index < -0.39 is 17.4 Å². The van der Waals surface area contributed by atoms with Crippen LogP contribution in [0.3, 0.4) is 0 Å². The molecule has 2 rings (SSSR count). The second kappa shape index (κ2) is 5.88. The van der Waals surface area contributed by atoms with Crippen LogP contribution in [0.15, 0.2) is 30.3 Å². The standard InChI is InChI=1S/C17H22O4/c1-11(2)20-15(18)17(16(19)21-12(3)4)10-14(17)13-8-6-5-7-9-13/h5-9,11-12,14H,10H2,1-4H3/t14-/m1/s1. The maximum Gasteiger partial charge on any atom is 0.324 e. The summed E-state index contributed by atoms with van der Waals surface area (Å²) in [5.41, 5.74) is -0.200. The lowest BCUT2D eigenvalue weighted by Crippen LogP contribution is -2.34. The van der Waals surface area contributed by atoms with Crippen LogP contribution in [0.4, 0.5) is 0 Å². The van der Waals surface area contributed by atoms with Gasteiger partial charge in [-0.25, -0.2) is 0 Å². The summed E-state index contributed by atoms with van der Waals surface area (Å²) in [6, 6.07) is 9.57. The molecule has 0 bridgehead atoms. The number of esters is 2. The van der Waals surface area contributed by atoms with Gasteiger partial charge in [0.25, 0.3) is 0 Å². The molecule has 0 aliphatic heterocycles. The van der Waals surface area contributed by atoms with Gasteiger partial charge in [-0.15, -0.1) is 0 Å². The Morgan fingerprint density at radius 1 is 1.00 bits per heavy atom. The van der Waals surface area contributed by atoms with Crippen molar-refractivity contribution in [2.45, 2.75) is 52.2 Å². The van der Waals surface area contributed by atoms with Crippen LogP contribution in [0.2, 0.25) is 0 Å². The molecule has 0 aromatic heterocycles. The highest BCUT2D eigenvalue weighted by molar-refractivity contribution is 6.05. The molecule has 0 spiro atoms. The highest BCUT2D eigenvalue weighted by Crippen LogP contribution is 2.61. The Labute approximate surface area is 125 Å². The number of ether oxygens (including phenoxy) is 2. The van der Waals surface area contributed by atoms with Crippen LogP contribution >= 0.6 is 0 Å². The summed E-state index contributed by atoms with van der Waals surface area (Å²) in [5, 5.41) is 0. The smallest absolute Gasteiger partial charge is 0.324 e. The number of benzene rings is 1. The molecule has 1 aliphatic carbocycles. The van der Waals surface area contributed by atoms with Crippen LogP contribution < -0.4 is 0 Å². The lowest BCUT2D eigenvalue weighted by atomic mass is 9.99. The lowest BCUT2D eigenvalue weighted by molar-refractivity contribution is -0.169. The van der Waals surface area contributed by atoms with Crippen LogP contribution in [-0.4, -0.2) is 24.1 Å². The summed E-state index contributed by atoms with van der Waals surface area (Å²) in [6.45, 7) is 7.11. The third-order valence-corrected chi connectivity index (χ3v) is 3.58. The van der Waals surface area contributed by atoms with E-state index in [4.69, 9.17) is 9.47 Å². The lowest BCUT2D eigenvalue weighted by Gasteiger charge is -2.19. The fourth-order valence-electron chi connectivity index (χ4n) is 2.52. The van der Waals surface area contributed by atoms with Crippen molar-refractivity contribution in [3.8, 4) is 0 Å². The molecule has 0 N–H and O–H groups in total. The van der Waals surface area contributed by atoms with Gasteiger partial charge in [0, 0.05) is 5.92 Å². The minimum atomic E-state index is -1.17. The first-order valence-electron chi connectivity index (χ1n) is 7.35. The fourth-order valence-corrected chi connectivity index (χ4v) is 2.52. The first kappa shape index (κ1) is 15.5. The topological polar surface area (TPSA) is 52.6 Å². The summed E-state index contributed by atoms with van der Waals surface area (Å²) in [5.74, 6) is -1.11. The van der Waals surface area contributed by atoms with Gasteiger partial charge in [0.2, 0.25) is 0 Å². The van der Waals surface area contributed by atoms with Gasteiger partial charge in [0.1, 0.15) is 0 Å². The Bertz CT molecular complexity index is 497. The van der Waals surface area contributed by atoms with Crippen molar-refractivity contribution in [2.75, 3.05) is 0 Å². The average molecular weight is 290 g/mol. The summed E-state index contributed by atoms with van der Waals surface area (Å²) in [7, 11) is 0. The fraction of sp³-hybridized carbons (Fsp3) is 0.529. The SMILES string of the molecule is CC(C)OC(=O)C1(C(=O)OC(C)C)C[C@@H]1c1ccccc1. The molecular formula is C17H22O4. The molecule has 0 unspecified atom stereocenters. The van der Waals surface area contributed by atoms with Crippen LogP contribution in [0.5, 0.6) is 0 Å². The normalized spacial score (nSPS) is 19.4. The van der Waals surface area contributed by atoms with Gasteiger partial charge < -0.3 is 9.47 Å². The minimum absolute atomic E-state index is 0.156. The van der Waals surface area contributed by atoms with Crippen LogP contribution in [0.1, 0.15) is 45.6 Å². The molecule has 114 valence electrons. The van der Waals surface area contributed by atoms with Gasteiger partial charge in [0.15, 0.2) is 5.41 Å². The first-order chi connectivity index (χ1) is 9.87. The zero-order valence-corrected chi connectivity index (χ0v) is 13.0. The summed E-state index contributed by atoms with van der Waals surface area (Å²) in [4.78, 5) is 24.8. The zero-order chi connectivity index (χ0) is 15.6. The van der Waals surface area contributed by atoms with E-state index in [1.54, 1.807) is 27.7 Å². The molecule has 0 radical (unpaired) electrons. The second-order valence-electron chi connectivity index (χ2n) is 6.05. The highest BCUT2D eigenvalue weighted by atomic mass is 16.6. The Hall–Kier alpha value is -1.84. The van der Waals surface area contributed by atoms with Crippen molar-refractivity contribution < 1.29 is 19.1 Å². The van der Waals surface area contributed by atoms with Crippen molar-refractivity contribution in [2.24, 2.45) is 5.41 Å². The molecule has 4 heteroatoms. The Morgan fingerprint density at radius 2 is 1.48 bits per heavy atom. The van der Waals surface area contributed by atoms with E-state index in [0.29, 0.717) is 6.42 Å². The zero-order valence-electron chi connectivity index (χ0n) is 13.0. The number of hydrogen-bond donors (Lipinski definition) is 0. The van der Waals surface area contributed by atoms with E-state index in [2.05, 4.69) is 0 Å². The van der Waals surface area contributed by atoms with E-state index in [0.717, 1.165) is 5.56 Å². The average Bonchev–Trinajstić information content (AvgIpc) is 3.15. The summed E-state index contributed by atoms with van der Waals surface area (Å²) >= 11 is 0. The quantitative estimate of drug-likeness (QED) is 0.618. The monoisotopic (exact) mass is 290 g/mol. The molecule has 1 fully saturated rings. The van der Waals surface area contributed by atoms with Crippen LogP contribution in [0.25, 0.3) is 0 Å². The largest absolute Gasteiger partial charge is 0.462 e. The van der Waals surface area contributed by atoms with Gasteiger partial charge in [-0.05, 0) is 39.7 Å². The number of hydrogen-bond acceptors (Lipinski definition) is 4. The number of rotatable bonds is 5. The highest BCUT2D eigenvalue weighted by Gasteiger charge is 2.68. The summed E-state index contributed by atoms with van der Waals surface area (Å²) < 4.78 is 10.6. The summed E-state index contributed by atoms with van der Waals surface area (Å²) in [6.07, 6.45) is -0.0507. The number of carbonyl (C=O) groups excluding carboxylic acids is 2. The van der Waals surface area contributed by atoms with Crippen LogP contribution in [-0.2, 0) is 19.1 Å². The van der Waals surface area contributed by atoms with E-state index >= 15 is 0 Å². The molecule has 0 saturated heterocycles. The maximum atomic E-state index is 12.4. The van der Waals surface area contributed by atoms with Crippen LogP contribution in [0, 0.1) is 5.41 Å². The maximum absolute atomic E-state index is 12.4. The Morgan fingerprint density at radius 3 is 1.90 bits per heavy atom. The molecule has 1 aliphatic rings. The van der Waals surface area contributed by atoms with Crippen molar-refractivity contribution in [1.82, 2.24) is 0 Å². The van der Waals surface area contributed by atoms with Gasteiger partial charge >= 0.3 is 11.9 Å². The third kappa shape index (κ3) is 3.09. The van der Waals surface area contributed by atoms with E-state index in [9.17, 15) is 9.59 Å². The van der Waals surface area contributed by atoms with Gasteiger partial charge in [0.05, 0.1) is 12.2 Å². The molecule has 0 heterocycles. The molecule has 1 saturated carbocycles. The van der Waals surface area contributed by atoms with Crippen molar-refractivity contribution >= 4 is 11.9 Å². The molecule has 1 aromatic rings. The Kier molecular flexibility index (Phi) is 4.35. The molecule has 1 atom stereocenters. The van der Waals surface area contributed by atoms with Gasteiger partial charge in [-0.3, -0.25) is 9.59 Å². The second-order valence-corrected chi connectivity index (χ2v) is 6.05. The van der Waals surface area contributed by atoms with Crippen molar-refractivity contribution in [3.05, 3.63) is 35.9 Å².